The molecule has 1 atom stereocenters. The fourth-order valence-corrected chi connectivity index (χ4v) is 4.30. The average molecular weight is 393 g/mol. The van der Waals surface area contributed by atoms with Crippen LogP contribution in [0.2, 0.25) is 0 Å². The van der Waals surface area contributed by atoms with Gasteiger partial charge in [-0.3, -0.25) is 0 Å². The molecular weight excluding hydrogens is 366 g/mol. The minimum absolute atomic E-state index is 0.318. The number of nitrogens with one attached hydrogen (secondary N) is 1. The molecule has 8 heteroatoms. The minimum atomic E-state index is 0.318. The molecule has 0 saturated carbocycles. The van der Waals surface area contributed by atoms with E-state index < -0.39 is 0 Å². The molecule has 0 aliphatic carbocycles. The van der Waals surface area contributed by atoms with Crippen LogP contribution in [0, 0.1) is 13.8 Å². The van der Waals surface area contributed by atoms with Crippen LogP contribution in [0.15, 0.2) is 24.5 Å². The molecule has 5 heterocycles. The molecule has 2 aliphatic heterocycles. The molecule has 1 unspecified atom stereocenters. The van der Waals surface area contributed by atoms with Crippen LogP contribution in [-0.4, -0.2) is 56.9 Å². The highest BCUT2D eigenvalue weighted by Crippen LogP contribution is 2.28. The number of aryl methyl sites for hydroxylation is 1. The first kappa shape index (κ1) is 18.3. The molecule has 5 rings (SSSR count). The Labute approximate surface area is 170 Å². The van der Waals surface area contributed by atoms with E-state index in [-0.39, 0.29) is 0 Å². The zero-order valence-electron chi connectivity index (χ0n) is 17.0. The van der Waals surface area contributed by atoms with Gasteiger partial charge in [-0.2, -0.15) is 9.61 Å². The van der Waals surface area contributed by atoms with Gasteiger partial charge in [0.2, 0.25) is 5.95 Å². The molecule has 8 nitrogen and oxygen atoms in total. The van der Waals surface area contributed by atoms with Crippen molar-refractivity contribution in [2.75, 3.05) is 36.5 Å². The van der Waals surface area contributed by atoms with Gasteiger partial charge in [-0.15, -0.1) is 0 Å². The Morgan fingerprint density at radius 1 is 1.07 bits per heavy atom. The Bertz CT molecular complexity index is 1010. The molecule has 152 valence electrons. The highest BCUT2D eigenvalue weighted by atomic mass is 16.5. The fourth-order valence-electron chi connectivity index (χ4n) is 4.30. The number of anilines is 2. The summed E-state index contributed by atoms with van der Waals surface area (Å²) in [4.78, 5) is 16.3. The number of ether oxygens (including phenoxy) is 1. The van der Waals surface area contributed by atoms with E-state index in [1.54, 1.807) is 6.20 Å². The number of fused-ring (bicyclic) bond motifs is 1. The lowest BCUT2D eigenvalue weighted by Gasteiger charge is -2.23. The number of aromatic nitrogens is 5. The summed E-state index contributed by atoms with van der Waals surface area (Å²) >= 11 is 0. The lowest BCUT2D eigenvalue weighted by Crippen LogP contribution is -2.29. The summed E-state index contributed by atoms with van der Waals surface area (Å²) in [5.41, 5.74) is 4.19. The van der Waals surface area contributed by atoms with E-state index in [1.807, 2.05) is 23.7 Å². The number of rotatable bonds is 4. The van der Waals surface area contributed by atoms with Crippen molar-refractivity contribution in [2.24, 2.45) is 0 Å². The highest BCUT2D eigenvalue weighted by molar-refractivity contribution is 5.55. The normalized spacial score (nSPS) is 20.5. The SMILES string of the molecule is Cc1nc2ccnn2c(NC2CCN(c3nccc(C4CCOCC4)n3)C2)c1C. The van der Waals surface area contributed by atoms with Gasteiger partial charge in [-0.25, -0.2) is 15.0 Å². The van der Waals surface area contributed by atoms with Gasteiger partial charge in [0.05, 0.1) is 6.20 Å². The fraction of sp³-hybridized carbons (Fsp3) is 0.524. The van der Waals surface area contributed by atoms with Crippen molar-refractivity contribution in [1.82, 2.24) is 24.6 Å². The maximum Gasteiger partial charge on any atom is 0.225 e. The number of hydrogen-bond donors (Lipinski definition) is 1. The summed E-state index contributed by atoms with van der Waals surface area (Å²) in [6, 6.07) is 4.31. The molecule has 0 amide bonds. The van der Waals surface area contributed by atoms with Crippen molar-refractivity contribution < 1.29 is 4.74 Å². The number of hydrogen-bond acceptors (Lipinski definition) is 7. The first-order valence-electron chi connectivity index (χ1n) is 10.4. The smallest absolute Gasteiger partial charge is 0.225 e. The topological polar surface area (TPSA) is 80.5 Å². The summed E-state index contributed by atoms with van der Waals surface area (Å²) < 4.78 is 7.39. The zero-order valence-corrected chi connectivity index (χ0v) is 17.0. The van der Waals surface area contributed by atoms with Gasteiger partial charge >= 0.3 is 0 Å². The predicted octanol–water partition coefficient (Wildman–Crippen LogP) is 2.72. The Hall–Kier alpha value is -2.74. The van der Waals surface area contributed by atoms with E-state index >= 15 is 0 Å². The molecule has 0 bridgehead atoms. The molecule has 0 spiro atoms. The van der Waals surface area contributed by atoms with Gasteiger partial charge in [0, 0.05) is 67.5 Å². The van der Waals surface area contributed by atoms with Crippen LogP contribution in [0.1, 0.15) is 42.1 Å². The number of nitrogens with zero attached hydrogens (tertiary/aromatic N) is 6. The Balaban J connectivity index is 1.32. The molecule has 2 fully saturated rings. The van der Waals surface area contributed by atoms with E-state index in [0.717, 1.165) is 79.9 Å². The summed E-state index contributed by atoms with van der Waals surface area (Å²) in [6.45, 7) is 7.61. The van der Waals surface area contributed by atoms with Crippen LogP contribution >= 0.6 is 0 Å². The monoisotopic (exact) mass is 393 g/mol. The molecule has 3 aromatic rings. The molecule has 3 aromatic heterocycles. The second-order valence-corrected chi connectivity index (χ2v) is 8.02. The quantitative estimate of drug-likeness (QED) is 0.730. The third kappa shape index (κ3) is 3.53. The highest BCUT2D eigenvalue weighted by Gasteiger charge is 2.27. The van der Waals surface area contributed by atoms with Crippen molar-refractivity contribution in [3.8, 4) is 0 Å². The van der Waals surface area contributed by atoms with E-state index in [0.29, 0.717) is 12.0 Å². The Kier molecular flexibility index (Phi) is 4.79. The van der Waals surface area contributed by atoms with Crippen LogP contribution in [0.4, 0.5) is 11.8 Å². The zero-order chi connectivity index (χ0) is 19.8. The molecule has 2 saturated heterocycles. The lowest BCUT2D eigenvalue weighted by molar-refractivity contribution is 0.0845. The first-order valence-corrected chi connectivity index (χ1v) is 10.4. The molecule has 29 heavy (non-hydrogen) atoms. The van der Waals surface area contributed by atoms with Crippen molar-refractivity contribution in [3.05, 3.63) is 41.5 Å². The van der Waals surface area contributed by atoms with Crippen LogP contribution in [0.3, 0.4) is 0 Å². The third-order valence-corrected chi connectivity index (χ3v) is 6.13. The minimum Gasteiger partial charge on any atom is -0.381 e. The largest absolute Gasteiger partial charge is 0.381 e. The molecular formula is C21H27N7O. The van der Waals surface area contributed by atoms with Crippen LogP contribution < -0.4 is 10.2 Å². The van der Waals surface area contributed by atoms with Crippen molar-refractivity contribution in [3.63, 3.8) is 0 Å². The summed E-state index contributed by atoms with van der Waals surface area (Å²) in [7, 11) is 0. The molecule has 2 aliphatic rings. The Morgan fingerprint density at radius 2 is 1.93 bits per heavy atom. The van der Waals surface area contributed by atoms with Gasteiger partial charge in [0.25, 0.3) is 0 Å². The van der Waals surface area contributed by atoms with E-state index in [1.165, 1.54) is 0 Å². The van der Waals surface area contributed by atoms with Crippen LogP contribution in [0.25, 0.3) is 5.65 Å². The van der Waals surface area contributed by atoms with Gasteiger partial charge in [0.15, 0.2) is 5.65 Å². The second-order valence-electron chi connectivity index (χ2n) is 8.02. The summed E-state index contributed by atoms with van der Waals surface area (Å²) in [5, 5.41) is 8.15. The van der Waals surface area contributed by atoms with Crippen molar-refractivity contribution >= 4 is 17.4 Å². The summed E-state index contributed by atoms with van der Waals surface area (Å²) in [5.74, 6) is 2.35. The molecule has 1 N–H and O–H groups in total. The van der Waals surface area contributed by atoms with E-state index in [2.05, 4.69) is 38.3 Å². The third-order valence-electron chi connectivity index (χ3n) is 6.13. The summed E-state index contributed by atoms with van der Waals surface area (Å²) in [6.07, 6.45) is 6.82. The Morgan fingerprint density at radius 3 is 2.79 bits per heavy atom. The van der Waals surface area contributed by atoms with Crippen molar-refractivity contribution in [2.45, 2.75) is 45.1 Å². The molecule has 0 aromatic carbocycles. The first-order chi connectivity index (χ1) is 14.2. The van der Waals surface area contributed by atoms with Gasteiger partial charge in [0.1, 0.15) is 5.82 Å². The second kappa shape index (κ2) is 7.59. The lowest BCUT2D eigenvalue weighted by atomic mass is 9.96. The van der Waals surface area contributed by atoms with E-state index in [4.69, 9.17) is 9.72 Å². The predicted molar refractivity (Wildman–Crippen MR) is 112 cm³/mol. The maximum atomic E-state index is 5.49. The molecule has 0 radical (unpaired) electrons. The van der Waals surface area contributed by atoms with Crippen molar-refractivity contribution in [1.29, 1.82) is 0 Å². The maximum absolute atomic E-state index is 5.49. The van der Waals surface area contributed by atoms with Gasteiger partial charge in [-0.05, 0) is 39.2 Å². The van der Waals surface area contributed by atoms with E-state index in [9.17, 15) is 0 Å². The average Bonchev–Trinajstić information content (AvgIpc) is 3.41. The van der Waals surface area contributed by atoms with Crippen LogP contribution in [0.5, 0.6) is 0 Å². The van der Waals surface area contributed by atoms with Gasteiger partial charge in [-0.1, -0.05) is 0 Å². The standard InChI is InChI=1S/C21H27N7O/c1-14-15(2)24-19-4-9-23-28(19)20(14)25-17-5-10-27(13-17)21-22-8-3-18(26-21)16-6-11-29-12-7-16/h3-4,8-9,16-17,25H,5-7,10-13H2,1-2H3. The van der Waals surface area contributed by atoms with Crippen LogP contribution in [-0.2, 0) is 4.74 Å². The van der Waals surface area contributed by atoms with Gasteiger partial charge < -0.3 is 15.0 Å².